The van der Waals surface area contributed by atoms with Crippen LogP contribution in [-0.2, 0) is 0 Å². The first kappa shape index (κ1) is 13.7. The Bertz CT molecular complexity index is 261. The smallest absolute Gasteiger partial charge is 0.317 e. The maximum absolute atomic E-state index is 12.1. The predicted octanol–water partition coefficient (Wildman–Crippen LogP) is 2.30. The molecule has 0 radical (unpaired) electrons. The molecular weight excluding hydrogens is 226 g/mol. The fourth-order valence-electron chi connectivity index (χ4n) is 2.89. The fourth-order valence-corrected chi connectivity index (χ4v) is 2.89. The number of amides is 2. The highest BCUT2D eigenvalue weighted by atomic mass is 16.2. The first-order chi connectivity index (χ1) is 8.79. The van der Waals surface area contributed by atoms with Gasteiger partial charge in [0.05, 0.1) is 0 Å². The zero-order chi connectivity index (χ0) is 12.8. The van der Waals surface area contributed by atoms with E-state index in [-0.39, 0.29) is 7.46 Å². The second-order valence-corrected chi connectivity index (χ2v) is 5.61. The molecule has 2 amide bonds. The number of piperazine rings is 1. The number of hydrogen-bond donors (Lipinski definition) is 1. The Labute approximate surface area is 112 Å². The SMILES string of the molecule is CCCCN1CCN(C(=O)NC2CCCC2)CC1.[HH]. The van der Waals surface area contributed by atoms with Gasteiger partial charge < -0.3 is 10.2 Å². The molecule has 1 heterocycles. The average Bonchev–Trinajstić information content (AvgIpc) is 2.89. The molecule has 0 aromatic heterocycles. The fraction of sp³-hybridized carbons (Fsp3) is 0.929. The van der Waals surface area contributed by atoms with E-state index in [9.17, 15) is 4.79 Å². The number of carbonyl (C=O) groups excluding carboxylic acids is 1. The van der Waals surface area contributed by atoms with E-state index in [0.29, 0.717) is 6.04 Å². The van der Waals surface area contributed by atoms with Crippen molar-refractivity contribution in [1.29, 1.82) is 0 Å². The van der Waals surface area contributed by atoms with Crippen LogP contribution in [-0.4, -0.2) is 54.6 Å². The highest BCUT2D eigenvalue weighted by Gasteiger charge is 2.23. The van der Waals surface area contributed by atoms with Crippen LogP contribution < -0.4 is 5.32 Å². The topological polar surface area (TPSA) is 35.6 Å². The van der Waals surface area contributed by atoms with Crippen molar-refractivity contribution in [2.24, 2.45) is 0 Å². The van der Waals surface area contributed by atoms with Gasteiger partial charge in [-0.2, -0.15) is 0 Å². The van der Waals surface area contributed by atoms with E-state index in [4.69, 9.17) is 0 Å². The van der Waals surface area contributed by atoms with E-state index in [2.05, 4.69) is 17.1 Å². The molecule has 0 bridgehead atoms. The normalized spacial score (nSPS) is 22.4. The molecule has 4 heteroatoms. The van der Waals surface area contributed by atoms with Crippen LogP contribution in [0.4, 0.5) is 4.79 Å². The number of unbranched alkanes of at least 4 members (excludes halogenated alkanes) is 1. The number of nitrogens with one attached hydrogen (secondary N) is 1. The Kier molecular flexibility index (Phi) is 5.29. The van der Waals surface area contributed by atoms with Crippen molar-refractivity contribution in [2.45, 2.75) is 51.5 Å². The quantitative estimate of drug-likeness (QED) is 0.836. The Morgan fingerprint density at radius 1 is 1.22 bits per heavy atom. The molecule has 1 saturated heterocycles. The number of hydrogen-bond acceptors (Lipinski definition) is 2. The molecule has 1 aliphatic heterocycles. The Balaban J connectivity index is 0.00000180. The van der Waals surface area contributed by atoms with Crippen LogP contribution in [0.5, 0.6) is 0 Å². The molecule has 0 unspecified atom stereocenters. The van der Waals surface area contributed by atoms with Gasteiger partial charge in [-0.3, -0.25) is 4.90 Å². The lowest BCUT2D eigenvalue weighted by Crippen LogP contribution is -2.53. The zero-order valence-electron chi connectivity index (χ0n) is 11.7. The Morgan fingerprint density at radius 3 is 2.50 bits per heavy atom. The van der Waals surface area contributed by atoms with E-state index in [1.807, 2.05) is 4.90 Å². The summed E-state index contributed by atoms with van der Waals surface area (Å²) in [4.78, 5) is 16.5. The van der Waals surface area contributed by atoms with Gasteiger partial charge in [0.2, 0.25) is 0 Å². The molecule has 18 heavy (non-hydrogen) atoms. The monoisotopic (exact) mass is 255 g/mol. The first-order valence-electron chi connectivity index (χ1n) is 7.57. The molecule has 1 N–H and O–H groups in total. The number of rotatable bonds is 4. The van der Waals surface area contributed by atoms with E-state index >= 15 is 0 Å². The van der Waals surface area contributed by atoms with Gasteiger partial charge in [-0.15, -0.1) is 0 Å². The van der Waals surface area contributed by atoms with Crippen molar-refractivity contribution < 1.29 is 6.22 Å². The second kappa shape index (κ2) is 6.98. The highest BCUT2D eigenvalue weighted by molar-refractivity contribution is 5.74. The van der Waals surface area contributed by atoms with Gasteiger partial charge in [0.25, 0.3) is 0 Å². The first-order valence-corrected chi connectivity index (χ1v) is 7.57. The summed E-state index contributed by atoms with van der Waals surface area (Å²) in [6.45, 7) is 7.28. The molecule has 2 aliphatic rings. The number of carbonyl (C=O) groups is 1. The molecule has 1 aliphatic carbocycles. The third-order valence-electron chi connectivity index (χ3n) is 4.17. The lowest BCUT2D eigenvalue weighted by molar-refractivity contribution is 0.136. The predicted molar refractivity (Wildman–Crippen MR) is 75.8 cm³/mol. The van der Waals surface area contributed by atoms with E-state index in [0.717, 1.165) is 26.2 Å². The summed E-state index contributed by atoms with van der Waals surface area (Å²) < 4.78 is 0. The Morgan fingerprint density at radius 2 is 1.89 bits per heavy atom. The van der Waals surface area contributed by atoms with Crippen molar-refractivity contribution >= 4 is 6.03 Å². The van der Waals surface area contributed by atoms with Crippen LogP contribution >= 0.6 is 0 Å². The summed E-state index contributed by atoms with van der Waals surface area (Å²) in [6, 6.07) is 0.604. The van der Waals surface area contributed by atoms with E-state index in [1.54, 1.807) is 0 Å². The summed E-state index contributed by atoms with van der Waals surface area (Å²) in [5.74, 6) is 0. The van der Waals surface area contributed by atoms with Gasteiger partial charge in [-0.05, 0) is 25.8 Å². The summed E-state index contributed by atoms with van der Waals surface area (Å²) in [7, 11) is 0. The lowest BCUT2D eigenvalue weighted by atomic mass is 10.2. The largest absolute Gasteiger partial charge is 0.335 e. The van der Waals surface area contributed by atoms with Crippen molar-refractivity contribution in [2.75, 3.05) is 32.7 Å². The lowest BCUT2D eigenvalue weighted by Gasteiger charge is -2.35. The average molecular weight is 255 g/mol. The van der Waals surface area contributed by atoms with Crippen molar-refractivity contribution in [1.82, 2.24) is 15.1 Å². The molecule has 106 valence electrons. The molecule has 0 spiro atoms. The second-order valence-electron chi connectivity index (χ2n) is 5.61. The van der Waals surface area contributed by atoms with Crippen LogP contribution in [0.2, 0.25) is 0 Å². The molecule has 2 fully saturated rings. The van der Waals surface area contributed by atoms with Gasteiger partial charge >= 0.3 is 6.03 Å². The van der Waals surface area contributed by atoms with Gasteiger partial charge in [0, 0.05) is 33.6 Å². The van der Waals surface area contributed by atoms with Gasteiger partial charge in [0.15, 0.2) is 0 Å². The van der Waals surface area contributed by atoms with Crippen LogP contribution in [0.1, 0.15) is 46.9 Å². The summed E-state index contributed by atoms with van der Waals surface area (Å²) >= 11 is 0. The summed E-state index contributed by atoms with van der Waals surface area (Å²) in [5.41, 5.74) is 0. The molecule has 1 saturated carbocycles. The molecule has 0 aromatic carbocycles. The molecule has 0 aromatic rings. The molecule has 2 rings (SSSR count). The number of urea groups is 1. The van der Waals surface area contributed by atoms with Gasteiger partial charge in [-0.25, -0.2) is 4.79 Å². The molecular formula is C14H29N3O. The third-order valence-corrected chi connectivity index (χ3v) is 4.17. The standard InChI is InChI=1S/C14H27N3O.H2/c1-2-3-8-16-9-11-17(12-10-16)14(18)15-13-6-4-5-7-13;/h13H,2-12H2,1H3,(H,15,18);1H. The zero-order valence-corrected chi connectivity index (χ0v) is 11.7. The third kappa shape index (κ3) is 3.87. The minimum atomic E-state index is 0. The highest BCUT2D eigenvalue weighted by Crippen LogP contribution is 2.18. The summed E-state index contributed by atoms with van der Waals surface area (Å²) in [6.07, 6.45) is 7.41. The maximum Gasteiger partial charge on any atom is 0.317 e. The maximum atomic E-state index is 12.1. The van der Waals surface area contributed by atoms with Gasteiger partial charge in [-0.1, -0.05) is 26.2 Å². The van der Waals surface area contributed by atoms with Crippen molar-refractivity contribution in [3.8, 4) is 0 Å². The van der Waals surface area contributed by atoms with E-state index < -0.39 is 0 Å². The molecule has 0 atom stereocenters. The molecule has 4 nitrogen and oxygen atoms in total. The van der Waals surface area contributed by atoms with Crippen LogP contribution in [0.25, 0.3) is 0 Å². The number of nitrogens with zero attached hydrogens (tertiary/aromatic N) is 2. The minimum absolute atomic E-state index is 0. The van der Waals surface area contributed by atoms with Crippen LogP contribution in [0, 0.1) is 0 Å². The van der Waals surface area contributed by atoms with Crippen molar-refractivity contribution in [3.05, 3.63) is 0 Å². The summed E-state index contributed by atoms with van der Waals surface area (Å²) in [5, 5.41) is 3.18. The van der Waals surface area contributed by atoms with Crippen molar-refractivity contribution in [3.63, 3.8) is 0 Å². The van der Waals surface area contributed by atoms with E-state index in [1.165, 1.54) is 45.1 Å². The minimum Gasteiger partial charge on any atom is -0.335 e. The van der Waals surface area contributed by atoms with Crippen LogP contribution in [0.15, 0.2) is 0 Å². The Hall–Kier alpha value is -0.770. The van der Waals surface area contributed by atoms with Gasteiger partial charge in [0.1, 0.15) is 0 Å². The van der Waals surface area contributed by atoms with Crippen LogP contribution in [0.3, 0.4) is 0 Å².